The molecule has 6 nitrogen and oxygen atoms in total. The van der Waals surface area contributed by atoms with Gasteiger partial charge in [-0.15, -0.1) is 0 Å². The molecule has 0 fully saturated rings. The topological polar surface area (TPSA) is 96.2 Å². The van der Waals surface area contributed by atoms with Gasteiger partial charge in [0.1, 0.15) is 0 Å². The summed E-state index contributed by atoms with van der Waals surface area (Å²) in [6, 6.07) is 6.52. The Morgan fingerprint density at radius 1 is 1.19 bits per heavy atom. The van der Waals surface area contributed by atoms with Gasteiger partial charge in [0, 0.05) is 18.2 Å². The van der Waals surface area contributed by atoms with Gasteiger partial charge >= 0.3 is 6.03 Å². The first kappa shape index (κ1) is 17.0. The van der Waals surface area contributed by atoms with Crippen molar-refractivity contribution in [3.05, 3.63) is 29.8 Å². The van der Waals surface area contributed by atoms with Crippen molar-refractivity contribution in [1.29, 1.82) is 0 Å². The van der Waals surface area contributed by atoms with Crippen LogP contribution < -0.4 is 21.7 Å². The van der Waals surface area contributed by atoms with Gasteiger partial charge in [0.25, 0.3) is 0 Å². The monoisotopic (exact) mass is 292 g/mol. The van der Waals surface area contributed by atoms with Crippen molar-refractivity contribution in [2.24, 2.45) is 11.7 Å². The molecule has 5 N–H and O–H groups in total. The number of urea groups is 1. The van der Waals surface area contributed by atoms with Crippen LogP contribution in [0.25, 0.3) is 0 Å². The molecule has 1 rings (SSSR count). The molecule has 0 aliphatic rings. The molecule has 2 unspecified atom stereocenters. The van der Waals surface area contributed by atoms with E-state index in [0.29, 0.717) is 12.2 Å². The highest BCUT2D eigenvalue weighted by atomic mass is 16.2. The van der Waals surface area contributed by atoms with E-state index in [1.165, 1.54) is 0 Å². The molecule has 6 heteroatoms. The molecule has 0 aromatic heterocycles. The van der Waals surface area contributed by atoms with E-state index in [0.717, 1.165) is 12.1 Å². The Hall–Kier alpha value is -2.08. The zero-order valence-corrected chi connectivity index (χ0v) is 12.8. The molecule has 21 heavy (non-hydrogen) atoms. The molecule has 0 saturated carbocycles. The smallest absolute Gasteiger partial charge is 0.316 e. The van der Waals surface area contributed by atoms with Gasteiger partial charge in [-0.25, -0.2) is 4.79 Å². The predicted octanol–water partition coefficient (Wildman–Crippen LogP) is 1.60. The number of benzene rings is 1. The Balaban J connectivity index is 2.56. The summed E-state index contributed by atoms with van der Waals surface area (Å²) in [5, 5.41) is 8.63. The second kappa shape index (κ2) is 8.26. The molecule has 3 amide bonds. The lowest BCUT2D eigenvalue weighted by Gasteiger charge is -2.18. The highest BCUT2D eigenvalue weighted by Crippen LogP contribution is 2.16. The summed E-state index contributed by atoms with van der Waals surface area (Å²) in [5.74, 6) is -0.0639. The summed E-state index contributed by atoms with van der Waals surface area (Å²) in [6.45, 7) is 7.34. The van der Waals surface area contributed by atoms with Gasteiger partial charge in [-0.3, -0.25) is 4.79 Å². The van der Waals surface area contributed by atoms with Crippen molar-refractivity contribution in [2.45, 2.75) is 26.8 Å². The van der Waals surface area contributed by atoms with Gasteiger partial charge < -0.3 is 21.7 Å². The maximum Gasteiger partial charge on any atom is 0.316 e. The van der Waals surface area contributed by atoms with Crippen LogP contribution in [0.4, 0.5) is 10.5 Å². The standard InChI is InChI=1S/C15H24N4O2/c1-4-17-9-10(2)14(20)18-11(3)12-5-7-13(8-6-12)19-15(16)21/h5-8,10-11,17H,4,9H2,1-3H3,(H,18,20)(H3,16,19,21). The number of rotatable bonds is 7. The van der Waals surface area contributed by atoms with Crippen LogP contribution >= 0.6 is 0 Å². The van der Waals surface area contributed by atoms with E-state index in [1.54, 1.807) is 12.1 Å². The average molecular weight is 292 g/mol. The van der Waals surface area contributed by atoms with Crippen LogP contribution in [0.3, 0.4) is 0 Å². The number of carbonyl (C=O) groups is 2. The van der Waals surface area contributed by atoms with E-state index < -0.39 is 6.03 Å². The minimum Gasteiger partial charge on any atom is -0.351 e. The molecule has 0 aliphatic carbocycles. The second-order valence-corrected chi connectivity index (χ2v) is 5.05. The fourth-order valence-electron chi connectivity index (χ4n) is 1.89. The molecular weight excluding hydrogens is 268 g/mol. The minimum absolute atomic E-state index is 0.0165. The van der Waals surface area contributed by atoms with Crippen LogP contribution in [0.2, 0.25) is 0 Å². The Morgan fingerprint density at radius 2 is 1.81 bits per heavy atom. The summed E-state index contributed by atoms with van der Waals surface area (Å²) in [6.07, 6.45) is 0. The number of amides is 3. The molecule has 1 aromatic carbocycles. The third-order valence-electron chi connectivity index (χ3n) is 3.19. The maximum atomic E-state index is 12.0. The second-order valence-electron chi connectivity index (χ2n) is 5.05. The van der Waals surface area contributed by atoms with Crippen LogP contribution in [-0.4, -0.2) is 25.0 Å². The predicted molar refractivity (Wildman–Crippen MR) is 83.9 cm³/mol. The van der Waals surface area contributed by atoms with Crippen molar-refractivity contribution in [2.75, 3.05) is 18.4 Å². The number of nitrogens with two attached hydrogens (primary N) is 1. The number of anilines is 1. The highest BCUT2D eigenvalue weighted by Gasteiger charge is 2.15. The number of nitrogens with one attached hydrogen (secondary N) is 3. The van der Waals surface area contributed by atoms with E-state index >= 15 is 0 Å². The van der Waals surface area contributed by atoms with Crippen molar-refractivity contribution >= 4 is 17.6 Å². The average Bonchev–Trinajstić information content (AvgIpc) is 2.44. The number of primary amides is 1. The zero-order valence-electron chi connectivity index (χ0n) is 12.8. The third kappa shape index (κ3) is 5.83. The van der Waals surface area contributed by atoms with E-state index in [1.807, 2.05) is 32.9 Å². The third-order valence-corrected chi connectivity index (χ3v) is 3.19. The van der Waals surface area contributed by atoms with Gasteiger partial charge in [0.05, 0.1) is 6.04 Å². The Kier molecular flexibility index (Phi) is 6.68. The van der Waals surface area contributed by atoms with Crippen molar-refractivity contribution in [3.63, 3.8) is 0 Å². The largest absolute Gasteiger partial charge is 0.351 e. The lowest BCUT2D eigenvalue weighted by atomic mass is 10.1. The van der Waals surface area contributed by atoms with Crippen molar-refractivity contribution < 1.29 is 9.59 Å². The van der Waals surface area contributed by atoms with E-state index in [4.69, 9.17) is 5.73 Å². The lowest BCUT2D eigenvalue weighted by molar-refractivity contribution is -0.125. The summed E-state index contributed by atoms with van der Waals surface area (Å²) >= 11 is 0. The van der Waals surface area contributed by atoms with Gasteiger partial charge in [0.2, 0.25) is 5.91 Å². The Morgan fingerprint density at radius 3 is 2.33 bits per heavy atom. The summed E-state index contributed by atoms with van der Waals surface area (Å²) in [5.41, 5.74) is 6.65. The quantitative estimate of drug-likeness (QED) is 0.614. The van der Waals surface area contributed by atoms with E-state index in [-0.39, 0.29) is 17.9 Å². The first-order chi connectivity index (χ1) is 9.93. The van der Waals surface area contributed by atoms with E-state index in [9.17, 15) is 9.59 Å². The number of hydrogen-bond donors (Lipinski definition) is 4. The number of carbonyl (C=O) groups excluding carboxylic acids is 2. The van der Waals surface area contributed by atoms with Gasteiger partial charge in [-0.1, -0.05) is 26.0 Å². The van der Waals surface area contributed by atoms with E-state index in [2.05, 4.69) is 16.0 Å². The Bertz CT molecular complexity index is 473. The van der Waals surface area contributed by atoms with Crippen molar-refractivity contribution in [3.8, 4) is 0 Å². The molecule has 0 radical (unpaired) electrons. The molecule has 0 saturated heterocycles. The lowest BCUT2D eigenvalue weighted by Crippen LogP contribution is -2.36. The van der Waals surface area contributed by atoms with Gasteiger partial charge in [0.15, 0.2) is 0 Å². The van der Waals surface area contributed by atoms with Gasteiger partial charge in [-0.2, -0.15) is 0 Å². The maximum absolute atomic E-state index is 12.0. The van der Waals surface area contributed by atoms with Crippen LogP contribution in [0, 0.1) is 5.92 Å². The molecule has 1 aromatic rings. The van der Waals surface area contributed by atoms with Crippen LogP contribution in [0.5, 0.6) is 0 Å². The first-order valence-corrected chi connectivity index (χ1v) is 7.11. The van der Waals surface area contributed by atoms with Crippen LogP contribution in [-0.2, 0) is 4.79 Å². The summed E-state index contributed by atoms with van der Waals surface area (Å²) < 4.78 is 0. The fourth-order valence-corrected chi connectivity index (χ4v) is 1.89. The zero-order chi connectivity index (χ0) is 15.8. The molecule has 0 bridgehead atoms. The highest BCUT2D eigenvalue weighted by molar-refractivity contribution is 5.87. The SMILES string of the molecule is CCNCC(C)C(=O)NC(C)c1ccc(NC(N)=O)cc1. The number of hydrogen-bond acceptors (Lipinski definition) is 3. The molecule has 116 valence electrons. The van der Waals surface area contributed by atoms with Crippen molar-refractivity contribution in [1.82, 2.24) is 10.6 Å². The molecule has 0 spiro atoms. The summed E-state index contributed by atoms with van der Waals surface area (Å²) in [4.78, 5) is 22.8. The fraction of sp³-hybridized carbons (Fsp3) is 0.467. The summed E-state index contributed by atoms with van der Waals surface area (Å²) in [7, 11) is 0. The van der Waals surface area contributed by atoms with Gasteiger partial charge in [-0.05, 0) is 31.2 Å². The molecular formula is C15H24N4O2. The van der Waals surface area contributed by atoms with Crippen LogP contribution in [0.1, 0.15) is 32.4 Å². The Labute approximate surface area is 125 Å². The normalized spacial score (nSPS) is 13.3. The molecule has 0 aliphatic heterocycles. The minimum atomic E-state index is -0.596. The first-order valence-electron chi connectivity index (χ1n) is 7.11. The molecule has 2 atom stereocenters. The molecule has 0 heterocycles. The van der Waals surface area contributed by atoms with Crippen LogP contribution in [0.15, 0.2) is 24.3 Å².